The van der Waals surface area contributed by atoms with Gasteiger partial charge in [0.2, 0.25) is 0 Å². The van der Waals surface area contributed by atoms with Crippen molar-refractivity contribution in [3.63, 3.8) is 0 Å². The molecule has 2 heterocycles. The van der Waals surface area contributed by atoms with Crippen LogP contribution in [0.2, 0.25) is 0 Å². The molecule has 0 saturated heterocycles. The van der Waals surface area contributed by atoms with Crippen LogP contribution in [0.4, 0.5) is 5.82 Å². The third-order valence-electron chi connectivity index (χ3n) is 2.21. The van der Waals surface area contributed by atoms with Crippen molar-refractivity contribution in [2.45, 2.75) is 20.3 Å². The molecule has 0 amide bonds. The van der Waals surface area contributed by atoms with E-state index in [1.54, 1.807) is 0 Å². The molecule has 4 heteroatoms. The lowest BCUT2D eigenvalue weighted by Gasteiger charge is -2.04. The van der Waals surface area contributed by atoms with Gasteiger partial charge in [-0.05, 0) is 24.0 Å². The number of thiazole rings is 1. The van der Waals surface area contributed by atoms with Crippen LogP contribution in [0.3, 0.4) is 0 Å². The maximum absolute atomic E-state index is 5.58. The van der Waals surface area contributed by atoms with Crippen LogP contribution in [0.15, 0.2) is 23.7 Å². The van der Waals surface area contributed by atoms with E-state index in [1.165, 1.54) is 16.9 Å². The molecule has 16 heavy (non-hydrogen) atoms. The molecule has 0 atom stereocenters. The summed E-state index contributed by atoms with van der Waals surface area (Å²) < 4.78 is 0. The number of nitrogen functional groups attached to an aromatic ring is 1. The van der Waals surface area contributed by atoms with E-state index in [4.69, 9.17) is 5.73 Å². The Morgan fingerprint density at radius 1 is 1.38 bits per heavy atom. The zero-order chi connectivity index (χ0) is 11.5. The van der Waals surface area contributed by atoms with Gasteiger partial charge in [-0.3, -0.25) is 4.98 Å². The highest BCUT2D eigenvalue weighted by atomic mass is 32.1. The van der Waals surface area contributed by atoms with Gasteiger partial charge in [-0.1, -0.05) is 19.9 Å². The SMILES string of the molecule is CC(C)Cc1ccc(-c2nc(N)cs2)nc1. The van der Waals surface area contributed by atoms with E-state index in [-0.39, 0.29) is 0 Å². The molecule has 84 valence electrons. The van der Waals surface area contributed by atoms with Gasteiger partial charge in [-0.25, -0.2) is 4.98 Å². The molecule has 0 fully saturated rings. The molecule has 0 unspecified atom stereocenters. The van der Waals surface area contributed by atoms with Crippen molar-refractivity contribution >= 4 is 17.2 Å². The molecule has 2 aromatic heterocycles. The van der Waals surface area contributed by atoms with Gasteiger partial charge in [0.15, 0.2) is 0 Å². The van der Waals surface area contributed by atoms with Gasteiger partial charge in [0.05, 0.1) is 5.69 Å². The fraction of sp³-hybridized carbons (Fsp3) is 0.333. The summed E-state index contributed by atoms with van der Waals surface area (Å²) in [6, 6.07) is 4.12. The Morgan fingerprint density at radius 3 is 2.69 bits per heavy atom. The van der Waals surface area contributed by atoms with Crippen LogP contribution >= 0.6 is 11.3 Å². The molecule has 0 saturated carbocycles. The monoisotopic (exact) mass is 233 g/mol. The van der Waals surface area contributed by atoms with Gasteiger partial charge >= 0.3 is 0 Å². The van der Waals surface area contributed by atoms with Crippen molar-refractivity contribution in [3.05, 3.63) is 29.3 Å². The predicted molar refractivity (Wildman–Crippen MR) is 68.3 cm³/mol. The number of nitrogens with zero attached hydrogens (tertiary/aromatic N) is 2. The maximum atomic E-state index is 5.58. The van der Waals surface area contributed by atoms with Crippen molar-refractivity contribution in [2.24, 2.45) is 5.92 Å². The van der Waals surface area contributed by atoms with Crippen molar-refractivity contribution in [2.75, 3.05) is 5.73 Å². The van der Waals surface area contributed by atoms with Crippen LogP contribution in [-0.2, 0) is 6.42 Å². The molecule has 0 radical (unpaired) electrons. The van der Waals surface area contributed by atoms with Crippen LogP contribution in [0.5, 0.6) is 0 Å². The highest BCUT2D eigenvalue weighted by Crippen LogP contribution is 2.23. The Bertz CT molecular complexity index is 459. The molecule has 0 aliphatic rings. The second-order valence-electron chi connectivity index (χ2n) is 4.23. The van der Waals surface area contributed by atoms with Gasteiger partial charge in [-0.15, -0.1) is 11.3 Å². The molecule has 0 aliphatic heterocycles. The molecule has 0 spiro atoms. The largest absolute Gasteiger partial charge is 0.383 e. The van der Waals surface area contributed by atoms with Crippen LogP contribution in [0.25, 0.3) is 10.7 Å². The molecular formula is C12H15N3S. The van der Waals surface area contributed by atoms with Crippen LogP contribution < -0.4 is 5.73 Å². The van der Waals surface area contributed by atoms with Crippen molar-refractivity contribution in [1.82, 2.24) is 9.97 Å². The average molecular weight is 233 g/mol. The normalized spacial score (nSPS) is 10.9. The Labute approximate surface area is 99.4 Å². The first-order valence-corrected chi connectivity index (χ1v) is 6.19. The minimum Gasteiger partial charge on any atom is -0.383 e. The first-order valence-electron chi connectivity index (χ1n) is 5.31. The number of rotatable bonds is 3. The maximum Gasteiger partial charge on any atom is 0.144 e. The molecule has 2 aromatic rings. The summed E-state index contributed by atoms with van der Waals surface area (Å²) in [6.45, 7) is 4.41. The summed E-state index contributed by atoms with van der Waals surface area (Å²) in [5, 5.41) is 2.72. The first kappa shape index (κ1) is 11.1. The van der Waals surface area contributed by atoms with Crippen LogP contribution in [0, 0.1) is 5.92 Å². The minimum atomic E-state index is 0.563. The van der Waals surface area contributed by atoms with E-state index in [0.29, 0.717) is 11.7 Å². The average Bonchev–Trinajstić information content (AvgIpc) is 2.65. The summed E-state index contributed by atoms with van der Waals surface area (Å²) in [4.78, 5) is 8.61. The lowest BCUT2D eigenvalue weighted by Crippen LogP contribution is -1.95. The molecular weight excluding hydrogens is 218 g/mol. The molecule has 2 rings (SSSR count). The standard InChI is InChI=1S/C12H15N3S/c1-8(2)5-9-3-4-10(14-6-9)12-15-11(13)7-16-12/h3-4,6-8H,5,13H2,1-2H3. The zero-order valence-corrected chi connectivity index (χ0v) is 10.3. The third kappa shape index (κ3) is 2.58. The summed E-state index contributed by atoms with van der Waals surface area (Å²) in [7, 11) is 0. The van der Waals surface area contributed by atoms with Crippen molar-refractivity contribution in [3.8, 4) is 10.7 Å². The molecule has 0 aromatic carbocycles. The number of anilines is 1. The second kappa shape index (κ2) is 4.61. The fourth-order valence-electron chi connectivity index (χ4n) is 1.55. The van der Waals surface area contributed by atoms with Gasteiger partial charge < -0.3 is 5.73 Å². The predicted octanol–water partition coefficient (Wildman–Crippen LogP) is 2.99. The van der Waals surface area contributed by atoms with E-state index >= 15 is 0 Å². The summed E-state index contributed by atoms with van der Waals surface area (Å²) >= 11 is 1.52. The quantitative estimate of drug-likeness (QED) is 0.886. The van der Waals surface area contributed by atoms with Gasteiger partial charge in [0, 0.05) is 11.6 Å². The molecule has 0 aliphatic carbocycles. The molecule has 0 bridgehead atoms. The topological polar surface area (TPSA) is 51.8 Å². The minimum absolute atomic E-state index is 0.563. The summed E-state index contributed by atoms with van der Waals surface area (Å²) in [6.07, 6.45) is 2.99. The highest BCUT2D eigenvalue weighted by Gasteiger charge is 2.04. The number of hydrogen-bond acceptors (Lipinski definition) is 4. The van der Waals surface area contributed by atoms with Gasteiger partial charge in [0.25, 0.3) is 0 Å². The Morgan fingerprint density at radius 2 is 2.19 bits per heavy atom. The van der Waals surface area contributed by atoms with Crippen LogP contribution in [-0.4, -0.2) is 9.97 Å². The van der Waals surface area contributed by atoms with Crippen molar-refractivity contribution in [1.29, 1.82) is 0 Å². The number of hydrogen-bond donors (Lipinski definition) is 1. The Balaban J connectivity index is 2.19. The number of pyridine rings is 1. The van der Waals surface area contributed by atoms with Crippen LogP contribution in [0.1, 0.15) is 19.4 Å². The highest BCUT2D eigenvalue weighted by molar-refractivity contribution is 7.13. The Hall–Kier alpha value is -1.42. The third-order valence-corrected chi connectivity index (χ3v) is 3.09. The second-order valence-corrected chi connectivity index (χ2v) is 5.09. The van der Waals surface area contributed by atoms with Crippen molar-refractivity contribution < 1.29 is 0 Å². The van der Waals surface area contributed by atoms with E-state index in [2.05, 4.69) is 29.9 Å². The fourth-order valence-corrected chi connectivity index (χ4v) is 2.23. The van der Waals surface area contributed by atoms with Gasteiger partial charge in [0.1, 0.15) is 10.8 Å². The van der Waals surface area contributed by atoms with Gasteiger partial charge in [-0.2, -0.15) is 0 Å². The lowest BCUT2D eigenvalue weighted by atomic mass is 10.0. The summed E-state index contributed by atoms with van der Waals surface area (Å²) in [5.41, 5.74) is 7.75. The van der Waals surface area contributed by atoms with E-state index in [9.17, 15) is 0 Å². The Kier molecular flexibility index (Phi) is 3.19. The summed E-state index contributed by atoms with van der Waals surface area (Å²) in [5.74, 6) is 1.22. The number of aromatic nitrogens is 2. The van der Waals surface area contributed by atoms with E-state index < -0.39 is 0 Å². The smallest absolute Gasteiger partial charge is 0.144 e. The molecule has 3 nitrogen and oxygen atoms in total. The number of nitrogens with two attached hydrogens (primary N) is 1. The van der Waals surface area contributed by atoms with E-state index in [1.807, 2.05) is 17.6 Å². The zero-order valence-electron chi connectivity index (χ0n) is 9.47. The lowest BCUT2D eigenvalue weighted by molar-refractivity contribution is 0.646. The first-order chi connectivity index (χ1) is 7.65. The molecule has 2 N–H and O–H groups in total. The van der Waals surface area contributed by atoms with E-state index in [0.717, 1.165) is 17.1 Å².